The van der Waals surface area contributed by atoms with Crippen molar-refractivity contribution < 1.29 is 18.5 Å². The summed E-state index contributed by atoms with van der Waals surface area (Å²) in [7, 11) is 0. The molecule has 138 valence electrons. The molecule has 0 bridgehead atoms. The van der Waals surface area contributed by atoms with E-state index in [1.165, 1.54) is 12.1 Å². The monoisotopic (exact) mass is 360 g/mol. The molecule has 1 aliphatic rings. The molecule has 3 rings (SSSR count). The highest BCUT2D eigenvalue weighted by Gasteiger charge is 2.24. The van der Waals surface area contributed by atoms with Gasteiger partial charge in [0.1, 0.15) is 5.82 Å². The van der Waals surface area contributed by atoms with Crippen LogP contribution in [0.1, 0.15) is 23.7 Å². The van der Waals surface area contributed by atoms with Crippen LogP contribution in [0.5, 0.6) is 0 Å². The Morgan fingerprint density at radius 1 is 1.15 bits per heavy atom. The predicted octanol–water partition coefficient (Wildman–Crippen LogP) is 1.36. The van der Waals surface area contributed by atoms with E-state index in [2.05, 4.69) is 10.1 Å². The minimum Gasteiger partial charge on any atom is -0.340 e. The molecule has 1 saturated heterocycles. The number of amides is 2. The van der Waals surface area contributed by atoms with Crippen LogP contribution in [-0.2, 0) is 22.4 Å². The van der Waals surface area contributed by atoms with Gasteiger partial charge < -0.3 is 14.3 Å². The summed E-state index contributed by atoms with van der Waals surface area (Å²) >= 11 is 0. The fourth-order valence-electron chi connectivity index (χ4n) is 2.97. The molecule has 2 amide bonds. The molecule has 0 radical (unpaired) electrons. The van der Waals surface area contributed by atoms with Crippen molar-refractivity contribution in [1.82, 2.24) is 19.9 Å². The maximum absolute atomic E-state index is 13.2. The number of halogens is 1. The van der Waals surface area contributed by atoms with Crippen LogP contribution in [0.2, 0.25) is 0 Å². The average Bonchev–Trinajstić information content (AvgIpc) is 3.04. The molecule has 1 aromatic heterocycles. The molecule has 2 heterocycles. The predicted molar refractivity (Wildman–Crippen MR) is 90.6 cm³/mol. The Bertz CT molecular complexity index is 784. The third-order valence-electron chi connectivity index (χ3n) is 4.38. The van der Waals surface area contributed by atoms with Gasteiger partial charge in [0.25, 0.3) is 0 Å². The molecule has 0 N–H and O–H groups in total. The zero-order chi connectivity index (χ0) is 18.5. The fourth-order valence-corrected chi connectivity index (χ4v) is 2.97. The van der Waals surface area contributed by atoms with Crippen molar-refractivity contribution in [2.45, 2.75) is 26.2 Å². The number of aryl methyl sites for hydroxylation is 2. The maximum atomic E-state index is 13.2. The van der Waals surface area contributed by atoms with E-state index in [1.807, 2.05) is 6.07 Å². The fraction of sp³-hybridized carbons (Fsp3) is 0.444. The van der Waals surface area contributed by atoms with Crippen molar-refractivity contribution >= 4 is 11.8 Å². The zero-order valence-electron chi connectivity index (χ0n) is 14.7. The Morgan fingerprint density at radius 3 is 2.46 bits per heavy atom. The molecule has 0 saturated carbocycles. The van der Waals surface area contributed by atoms with Crippen molar-refractivity contribution in [2.24, 2.45) is 0 Å². The molecule has 8 heteroatoms. The lowest BCUT2D eigenvalue weighted by Gasteiger charge is -2.34. The second-order valence-electron chi connectivity index (χ2n) is 6.30. The van der Waals surface area contributed by atoms with Gasteiger partial charge in [0.05, 0.1) is 6.42 Å². The van der Waals surface area contributed by atoms with Gasteiger partial charge >= 0.3 is 0 Å². The first-order valence-corrected chi connectivity index (χ1v) is 8.60. The summed E-state index contributed by atoms with van der Waals surface area (Å²) in [4.78, 5) is 32.1. The van der Waals surface area contributed by atoms with E-state index in [9.17, 15) is 14.0 Å². The molecule has 0 aliphatic carbocycles. The van der Waals surface area contributed by atoms with Gasteiger partial charge in [-0.25, -0.2) is 4.39 Å². The highest BCUT2D eigenvalue weighted by Crippen LogP contribution is 2.10. The summed E-state index contributed by atoms with van der Waals surface area (Å²) in [5, 5.41) is 3.73. The molecule has 0 atom stereocenters. The normalized spacial score (nSPS) is 14.5. The molecule has 7 nitrogen and oxygen atoms in total. The number of piperazine rings is 1. The average molecular weight is 360 g/mol. The highest BCUT2D eigenvalue weighted by atomic mass is 19.1. The van der Waals surface area contributed by atoms with Gasteiger partial charge in [-0.3, -0.25) is 9.59 Å². The van der Waals surface area contributed by atoms with Crippen molar-refractivity contribution in [3.63, 3.8) is 0 Å². The summed E-state index contributed by atoms with van der Waals surface area (Å²) < 4.78 is 18.0. The molecule has 1 aromatic carbocycles. The number of carbonyl (C=O) groups excluding carboxylic acids is 2. The van der Waals surface area contributed by atoms with E-state index in [4.69, 9.17) is 4.52 Å². The van der Waals surface area contributed by atoms with E-state index in [1.54, 1.807) is 22.8 Å². The Kier molecular flexibility index (Phi) is 5.60. The molecule has 1 aliphatic heterocycles. The van der Waals surface area contributed by atoms with Crippen molar-refractivity contribution in [3.8, 4) is 0 Å². The zero-order valence-corrected chi connectivity index (χ0v) is 14.7. The summed E-state index contributed by atoms with van der Waals surface area (Å²) in [6.07, 6.45) is 0.942. The first-order chi connectivity index (χ1) is 12.5. The first kappa shape index (κ1) is 18.0. The van der Waals surface area contributed by atoms with Crippen molar-refractivity contribution in [3.05, 3.63) is 47.4 Å². The van der Waals surface area contributed by atoms with Crippen molar-refractivity contribution in [2.75, 3.05) is 26.2 Å². The smallest absolute Gasteiger partial charge is 0.230 e. The number of aromatic nitrogens is 2. The Hall–Kier alpha value is -2.77. The minimum absolute atomic E-state index is 0.0233. The molecule has 2 aromatic rings. The Labute approximate surface area is 150 Å². The van der Waals surface area contributed by atoms with Crippen LogP contribution in [0.25, 0.3) is 0 Å². The first-order valence-electron chi connectivity index (χ1n) is 8.60. The Balaban J connectivity index is 1.44. The lowest BCUT2D eigenvalue weighted by Crippen LogP contribution is -2.51. The molecule has 0 unspecified atom stereocenters. The van der Waals surface area contributed by atoms with Gasteiger partial charge in [0, 0.05) is 39.5 Å². The summed E-state index contributed by atoms with van der Waals surface area (Å²) in [5.41, 5.74) is 0.808. The lowest BCUT2D eigenvalue weighted by atomic mass is 10.1. The molecule has 0 spiro atoms. The number of nitrogens with zero attached hydrogens (tertiary/aromatic N) is 4. The number of hydrogen-bond acceptors (Lipinski definition) is 5. The molecular weight excluding hydrogens is 339 g/mol. The van der Waals surface area contributed by atoms with E-state index >= 15 is 0 Å². The largest absolute Gasteiger partial charge is 0.340 e. The third-order valence-corrected chi connectivity index (χ3v) is 4.38. The van der Waals surface area contributed by atoms with E-state index in [0.29, 0.717) is 50.7 Å². The summed E-state index contributed by atoms with van der Waals surface area (Å²) in [6, 6.07) is 6.29. The van der Waals surface area contributed by atoms with Gasteiger partial charge in [0.2, 0.25) is 17.7 Å². The summed E-state index contributed by atoms with van der Waals surface area (Å²) in [5.74, 6) is 0.467. The van der Waals surface area contributed by atoms with E-state index in [-0.39, 0.29) is 24.1 Å². The highest BCUT2D eigenvalue weighted by molar-refractivity contribution is 5.79. The number of rotatable bonds is 5. The standard InChI is InChI=1S/C18H21FN4O3/c1-13-20-16(21-26-13)12-18(25)23-9-7-22(8-10-23)17(24)6-5-14-3-2-4-15(19)11-14/h2-4,11H,5-10,12H2,1H3. The maximum Gasteiger partial charge on any atom is 0.230 e. The van der Waals surface area contributed by atoms with Crippen LogP contribution < -0.4 is 0 Å². The topological polar surface area (TPSA) is 79.5 Å². The number of carbonyl (C=O) groups is 2. The number of benzene rings is 1. The van der Waals surface area contributed by atoms with Gasteiger partial charge in [0.15, 0.2) is 5.82 Å². The number of hydrogen-bond donors (Lipinski definition) is 0. The van der Waals surface area contributed by atoms with Crippen LogP contribution in [0.4, 0.5) is 4.39 Å². The molecule has 26 heavy (non-hydrogen) atoms. The van der Waals surface area contributed by atoms with Gasteiger partial charge in [-0.05, 0) is 24.1 Å². The quantitative estimate of drug-likeness (QED) is 0.804. The van der Waals surface area contributed by atoms with Crippen LogP contribution in [0, 0.1) is 12.7 Å². The van der Waals surface area contributed by atoms with Crippen LogP contribution in [-0.4, -0.2) is 57.9 Å². The van der Waals surface area contributed by atoms with Gasteiger partial charge in [-0.2, -0.15) is 4.98 Å². The van der Waals surface area contributed by atoms with Gasteiger partial charge in [-0.1, -0.05) is 17.3 Å². The van der Waals surface area contributed by atoms with Crippen LogP contribution in [0.3, 0.4) is 0 Å². The SMILES string of the molecule is Cc1nc(CC(=O)N2CCN(C(=O)CCc3cccc(F)c3)CC2)no1. The van der Waals surface area contributed by atoms with E-state index < -0.39 is 0 Å². The second-order valence-corrected chi connectivity index (χ2v) is 6.30. The van der Waals surface area contributed by atoms with Crippen molar-refractivity contribution in [1.29, 1.82) is 0 Å². The summed E-state index contributed by atoms with van der Waals surface area (Å²) in [6.45, 7) is 3.65. The Morgan fingerprint density at radius 2 is 1.85 bits per heavy atom. The third kappa shape index (κ3) is 4.65. The molecular formula is C18H21FN4O3. The minimum atomic E-state index is -0.293. The van der Waals surface area contributed by atoms with Crippen LogP contribution in [0.15, 0.2) is 28.8 Å². The van der Waals surface area contributed by atoms with E-state index in [0.717, 1.165) is 5.56 Å². The molecule has 1 fully saturated rings. The van der Waals surface area contributed by atoms with Crippen LogP contribution >= 0.6 is 0 Å². The lowest BCUT2D eigenvalue weighted by molar-refractivity contribution is -0.139. The second kappa shape index (κ2) is 8.07. The van der Waals surface area contributed by atoms with Gasteiger partial charge in [-0.15, -0.1) is 0 Å².